The summed E-state index contributed by atoms with van der Waals surface area (Å²) in [4.78, 5) is 11.5. The minimum Gasteiger partial charge on any atom is -0.390 e. The Hall–Kier alpha value is -2.28. The van der Waals surface area contributed by atoms with Gasteiger partial charge >= 0.3 is 0 Å². The van der Waals surface area contributed by atoms with Crippen molar-refractivity contribution in [2.45, 2.75) is 18.6 Å². The third kappa shape index (κ3) is 5.21. The van der Waals surface area contributed by atoms with E-state index in [2.05, 4.69) is 31.8 Å². The number of halogens is 1. The zero-order valence-corrected chi connectivity index (χ0v) is 16.7. The largest absolute Gasteiger partial charge is 0.390 e. The van der Waals surface area contributed by atoms with Crippen LogP contribution in [0.25, 0.3) is 6.08 Å². The summed E-state index contributed by atoms with van der Waals surface area (Å²) in [6.07, 6.45) is 6.59. The number of hydrogen-bond acceptors (Lipinski definition) is 5. The first-order chi connectivity index (χ1) is 14.2. The number of β-amino-alcohol motifs (C(OH)–C–C–N with tert-alkyl or cyclic N) is 1. The smallest absolute Gasteiger partial charge is 0.128 e. The van der Waals surface area contributed by atoms with E-state index in [1.54, 1.807) is 12.1 Å². The van der Waals surface area contributed by atoms with Crippen molar-refractivity contribution in [2.24, 2.45) is 0 Å². The van der Waals surface area contributed by atoms with Gasteiger partial charge in [-0.1, -0.05) is 30.4 Å². The van der Waals surface area contributed by atoms with Crippen molar-refractivity contribution in [1.29, 1.82) is 0 Å². The van der Waals surface area contributed by atoms with Crippen LogP contribution in [-0.2, 0) is 0 Å². The molecule has 1 aromatic heterocycles. The number of rotatable bonds is 5. The number of pyridine rings is 1. The minimum atomic E-state index is -0.329. The van der Waals surface area contributed by atoms with Crippen molar-refractivity contribution in [1.82, 2.24) is 14.8 Å². The summed E-state index contributed by atoms with van der Waals surface area (Å²) >= 11 is 0. The summed E-state index contributed by atoms with van der Waals surface area (Å²) in [5.41, 5.74) is 0.993. The number of likely N-dealkylation sites (tertiary alicyclic amines) is 1. The van der Waals surface area contributed by atoms with Gasteiger partial charge in [-0.3, -0.25) is 9.80 Å². The Morgan fingerprint density at radius 1 is 1.03 bits per heavy atom. The highest BCUT2D eigenvalue weighted by Gasteiger charge is 2.33. The average Bonchev–Trinajstić information content (AvgIpc) is 2.76. The van der Waals surface area contributed by atoms with Gasteiger partial charge in [0.1, 0.15) is 11.6 Å². The van der Waals surface area contributed by atoms with Crippen molar-refractivity contribution in [3.8, 4) is 0 Å². The van der Waals surface area contributed by atoms with Gasteiger partial charge in [-0.15, -0.1) is 0 Å². The molecule has 2 aliphatic heterocycles. The molecule has 4 rings (SSSR count). The fourth-order valence-corrected chi connectivity index (χ4v) is 4.31. The summed E-state index contributed by atoms with van der Waals surface area (Å²) in [6, 6.07) is 12.8. The van der Waals surface area contributed by atoms with E-state index in [4.69, 9.17) is 0 Å². The number of aliphatic hydroxyl groups excluding tert-OH is 1. The summed E-state index contributed by atoms with van der Waals surface area (Å²) in [5.74, 6) is 0.823. The van der Waals surface area contributed by atoms with Gasteiger partial charge in [-0.2, -0.15) is 0 Å². The van der Waals surface area contributed by atoms with Crippen molar-refractivity contribution in [3.05, 3.63) is 66.1 Å². The third-order valence-corrected chi connectivity index (χ3v) is 5.93. The lowest BCUT2D eigenvalue weighted by Gasteiger charge is -2.45. The Bertz CT molecular complexity index is 790. The number of hydrogen-bond donors (Lipinski definition) is 1. The van der Waals surface area contributed by atoms with Gasteiger partial charge in [0.25, 0.3) is 0 Å². The van der Waals surface area contributed by atoms with E-state index in [0.717, 1.165) is 57.1 Å². The van der Waals surface area contributed by atoms with Crippen LogP contribution in [0.3, 0.4) is 0 Å². The van der Waals surface area contributed by atoms with Crippen LogP contribution in [0.1, 0.15) is 12.0 Å². The maximum atomic E-state index is 13.0. The lowest BCUT2D eigenvalue weighted by molar-refractivity contribution is -0.0116. The molecule has 2 fully saturated rings. The monoisotopic (exact) mass is 396 g/mol. The number of nitrogens with zero attached hydrogens (tertiary/aromatic N) is 4. The predicted molar refractivity (Wildman–Crippen MR) is 114 cm³/mol. The average molecular weight is 397 g/mol. The van der Waals surface area contributed by atoms with E-state index in [1.807, 2.05) is 24.4 Å². The lowest BCUT2D eigenvalue weighted by atomic mass is 9.99. The molecule has 1 N–H and O–H groups in total. The molecule has 3 heterocycles. The molecule has 0 bridgehead atoms. The Morgan fingerprint density at radius 3 is 2.52 bits per heavy atom. The number of piperidine rings is 1. The Morgan fingerprint density at radius 2 is 1.83 bits per heavy atom. The van der Waals surface area contributed by atoms with E-state index < -0.39 is 0 Å². The molecule has 0 amide bonds. The van der Waals surface area contributed by atoms with E-state index in [1.165, 1.54) is 12.1 Å². The second-order valence-electron chi connectivity index (χ2n) is 7.85. The molecule has 2 aliphatic rings. The van der Waals surface area contributed by atoms with Gasteiger partial charge < -0.3 is 10.0 Å². The second-order valence-corrected chi connectivity index (χ2v) is 7.85. The molecule has 0 spiro atoms. The first-order valence-corrected chi connectivity index (χ1v) is 10.4. The number of piperazine rings is 1. The van der Waals surface area contributed by atoms with Crippen LogP contribution < -0.4 is 4.90 Å². The van der Waals surface area contributed by atoms with Crippen molar-refractivity contribution in [3.63, 3.8) is 0 Å². The summed E-state index contributed by atoms with van der Waals surface area (Å²) < 4.78 is 13.0. The van der Waals surface area contributed by atoms with Crippen LogP contribution in [0, 0.1) is 5.82 Å². The van der Waals surface area contributed by atoms with Crippen LogP contribution in [0.4, 0.5) is 10.2 Å². The van der Waals surface area contributed by atoms with Crippen molar-refractivity contribution in [2.75, 3.05) is 50.7 Å². The lowest BCUT2D eigenvalue weighted by Crippen LogP contribution is -2.58. The summed E-state index contributed by atoms with van der Waals surface area (Å²) in [6.45, 7) is 6.30. The second kappa shape index (κ2) is 9.48. The van der Waals surface area contributed by atoms with E-state index in [-0.39, 0.29) is 18.0 Å². The van der Waals surface area contributed by atoms with Crippen molar-refractivity contribution < 1.29 is 9.50 Å². The maximum Gasteiger partial charge on any atom is 0.128 e. The molecule has 2 saturated heterocycles. The van der Waals surface area contributed by atoms with E-state index >= 15 is 0 Å². The standard InChI is InChI=1S/C23H29FN4O/c24-20-8-6-19(7-9-20)4-3-12-26-13-10-21(22(29)18-26)27-14-16-28(17-15-27)23-5-1-2-11-25-23/h1-9,11,21-22,29H,10,12-18H2/t21-,22-/m1/s1. The van der Waals surface area contributed by atoms with Gasteiger partial charge in [0.15, 0.2) is 0 Å². The number of aliphatic hydroxyl groups is 1. The molecule has 29 heavy (non-hydrogen) atoms. The molecule has 154 valence electrons. The van der Waals surface area contributed by atoms with Gasteiger partial charge in [0.05, 0.1) is 6.10 Å². The highest BCUT2D eigenvalue weighted by atomic mass is 19.1. The van der Waals surface area contributed by atoms with Gasteiger partial charge in [-0.05, 0) is 36.2 Å². The van der Waals surface area contributed by atoms with Crippen LogP contribution in [0.5, 0.6) is 0 Å². The third-order valence-electron chi connectivity index (χ3n) is 5.93. The quantitative estimate of drug-likeness (QED) is 0.841. The predicted octanol–water partition coefficient (Wildman–Crippen LogP) is 2.49. The number of anilines is 1. The van der Waals surface area contributed by atoms with Crippen LogP contribution in [0.2, 0.25) is 0 Å². The first-order valence-electron chi connectivity index (χ1n) is 10.4. The fraction of sp³-hybridized carbons (Fsp3) is 0.435. The molecule has 0 radical (unpaired) electrons. The Kier molecular flexibility index (Phi) is 6.54. The summed E-state index contributed by atoms with van der Waals surface area (Å²) in [7, 11) is 0. The molecule has 0 aliphatic carbocycles. The highest BCUT2D eigenvalue weighted by molar-refractivity contribution is 5.49. The number of benzene rings is 1. The number of aromatic nitrogens is 1. The summed E-state index contributed by atoms with van der Waals surface area (Å²) in [5, 5.41) is 10.7. The highest BCUT2D eigenvalue weighted by Crippen LogP contribution is 2.21. The minimum absolute atomic E-state index is 0.215. The molecular formula is C23H29FN4O. The van der Waals surface area contributed by atoms with Gasteiger partial charge in [0.2, 0.25) is 0 Å². The zero-order valence-electron chi connectivity index (χ0n) is 16.7. The molecule has 0 unspecified atom stereocenters. The molecule has 5 nitrogen and oxygen atoms in total. The molecular weight excluding hydrogens is 367 g/mol. The molecule has 0 saturated carbocycles. The van der Waals surface area contributed by atoms with Gasteiger partial charge in [-0.25, -0.2) is 9.37 Å². The van der Waals surface area contributed by atoms with E-state index in [0.29, 0.717) is 6.54 Å². The topological polar surface area (TPSA) is 42.8 Å². The van der Waals surface area contributed by atoms with Crippen LogP contribution in [-0.4, -0.2) is 77.8 Å². The normalized spacial score (nSPS) is 24.3. The first kappa shape index (κ1) is 20.0. The fourth-order valence-electron chi connectivity index (χ4n) is 4.31. The molecule has 2 aromatic rings. The molecule has 6 heteroatoms. The van der Waals surface area contributed by atoms with E-state index in [9.17, 15) is 9.50 Å². The molecule has 2 atom stereocenters. The SMILES string of the molecule is O[C@@H]1CN(CC=Cc2ccc(F)cc2)CC[C@H]1N1CCN(c2ccccn2)CC1. The van der Waals surface area contributed by atoms with Gasteiger partial charge in [0, 0.05) is 58.1 Å². The van der Waals surface area contributed by atoms with Crippen molar-refractivity contribution >= 4 is 11.9 Å². The Labute approximate surface area is 172 Å². The zero-order chi connectivity index (χ0) is 20.1. The van der Waals surface area contributed by atoms with Crippen LogP contribution >= 0.6 is 0 Å². The van der Waals surface area contributed by atoms with Crippen LogP contribution in [0.15, 0.2) is 54.7 Å². The Balaban J connectivity index is 1.23. The molecule has 1 aromatic carbocycles. The maximum absolute atomic E-state index is 13.0.